The van der Waals surface area contributed by atoms with E-state index in [4.69, 9.17) is 17.0 Å². The fourth-order valence-electron chi connectivity index (χ4n) is 3.67. The zero-order valence-corrected chi connectivity index (χ0v) is 17.3. The molecule has 2 aromatic rings. The third-order valence-electron chi connectivity index (χ3n) is 5.23. The summed E-state index contributed by atoms with van der Waals surface area (Å²) in [6.45, 7) is 6.63. The van der Waals surface area contributed by atoms with Crippen LogP contribution in [0.5, 0.6) is 0 Å². The highest BCUT2D eigenvalue weighted by Gasteiger charge is 2.32. The van der Waals surface area contributed by atoms with E-state index in [0.717, 1.165) is 43.4 Å². The maximum Gasteiger partial charge on any atom is 0.414 e. The lowest BCUT2D eigenvalue weighted by Gasteiger charge is -2.36. The summed E-state index contributed by atoms with van der Waals surface area (Å²) in [6.07, 6.45) is 1.33. The van der Waals surface area contributed by atoms with E-state index in [1.54, 1.807) is 4.90 Å². The Morgan fingerprint density at radius 1 is 1.10 bits per heavy atom. The van der Waals surface area contributed by atoms with Crippen LogP contribution in [0.15, 0.2) is 48.7 Å². The van der Waals surface area contributed by atoms with Crippen LogP contribution in [0, 0.1) is 0 Å². The van der Waals surface area contributed by atoms with Crippen LogP contribution in [-0.4, -0.2) is 61.4 Å². The maximum atomic E-state index is 12.2. The van der Waals surface area contributed by atoms with Gasteiger partial charge in [0.05, 0.1) is 18.1 Å². The molecule has 0 saturated carbocycles. The van der Waals surface area contributed by atoms with Gasteiger partial charge in [0, 0.05) is 43.8 Å². The van der Waals surface area contributed by atoms with E-state index in [-0.39, 0.29) is 12.2 Å². The van der Waals surface area contributed by atoms with Crippen molar-refractivity contribution >= 4 is 40.5 Å². The van der Waals surface area contributed by atoms with Gasteiger partial charge in [-0.05, 0) is 43.3 Å². The van der Waals surface area contributed by atoms with Crippen molar-refractivity contribution < 1.29 is 9.53 Å². The van der Waals surface area contributed by atoms with Gasteiger partial charge in [-0.2, -0.15) is 0 Å². The van der Waals surface area contributed by atoms with Gasteiger partial charge in [-0.25, -0.2) is 9.78 Å². The van der Waals surface area contributed by atoms with Crippen molar-refractivity contribution in [1.29, 1.82) is 0 Å². The second-order valence-electron chi connectivity index (χ2n) is 7.23. The Morgan fingerprint density at radius 2 is 1.79 bits per heavy atom. The molecular weight excluding hydrogens is 386 g/mol. The lowest BCUT2D eigenvalue weighted by molar-refractivity contribution is 0.143. The molecule has 29 heavy (non-hydrogen) atoms. The van der Waals surface area contributed by atoms with Crippen LogP contribution in [0.2, 0.25) is 0 Å². The van der Waals surface area contributed by atoms with Gasteiger partial charge in [0.2, 0.25) is 0 Å². The predicted molar refractivity (Wildman–Crippen MR) is 119 cm³/mol. The fourth-order valence-corrected chi connectivity index (χ4v) is 3.76. The van der Waals surface area contributed by atoms with Gasteiger partial charge in [0.25, 0.3) is 0 Å². The Kier molecular flexibility index (Phi) is 5.80. The Balaban J connectivity index is 1.34. The molecule has 1 N–H and O–H groups in total. The number of nitrogens with one attached hydrogen (secondary N) is 1. The first-order valence-electron chi connectivity index (χ1n) is 9.84. The summed E-state index contributed by atoms with van der Waals surface area (Å²) in [5.74, 6) is 1.03. The molecular formula is C21H25N5O2S. The Morgan fingerprint density at radius 3 is 2.45 bits per heavy atom. The fraction of sp³-hybridized carbons (Fsp3) is 0.381. The van der Waals surface area contributed by atoms with Gasteiger partial charge in [0.15, 0.2) is 0 Å². The van der Waals surface area contributed by atoms with E-state index in [9.17, 15) is 4.79 Å². The molecule has 1 atom stereocenters. The first-order valence-corrected chi connectivity index (χ1v) is 10.2. The number of ether oxygens (including phenoxy) is 1. The predicted octanol–water partition coefficient (Wildman–Crippen LogP) is 2.67. The zero-order chi connectivity index (χ0) is 20.2. The minimum atomic E-state index is -0.310. The summed E-state index contributed by atoms with van der Waals surface area (Å²) in [5.41, 5.74) is 2.02. The molecule has 1 aromatic carbocycles. The second-order valence-corrected chi connectivity index (χ2v) is 7.84. The lowest BCUT2D eigenvalue weighted by Crippen LogP contribution is -2.46. The first kappa shape index (κ1) is 19.4. The van der Waals surface area contributed by atoms with Crippen LogP contribution < -0.4 is 20.0 Å². The number of pyridine rings is 1. The van der Waals surface area contributed by atoms with Crippen LogP contribution >= 0.6 is 12.2 Å². The van der Waals surface area contributed by atoms with Gasteiger partial charge in [-0.15, -0.1) is 0 Å². The van der Waals surface area contributed by atoms with E-state index in [2.05, 4.69) is 38.3 Å². The van der Waals surface area contributed by atoms with E-state index in [1.165, 1.54) is 0 Å². The third kappa shape index (κ3) is 4.59. The van der Waals surface area contributed by atoms with Gasteiger partial charge in [0.1, 0.15) is 11.9 Å². The van der Waals surface area contributed by atoms with Gasteiger partial charge >= 0.3 is 6.09 Å². The number of amides is 1. The monoisotopic (exact) mass is 411 g/mol. The molecule has 2 fully saturated rings. The highest BCUT2D eigenvalue weighted by molar-refractivity contribution is 7.80. The first-order chi connectivity index (χ1) is 14.1. The Bertz CT molecular complexity index is 853. The molecule has 4 rings (SSSR count). The molecule has 1 amide bonds. The number of anilines is 3. The number of aromatic nitrogens is 1. The summed E-state index contributed by atoms with van der Waals surface area (Å²) in [5, 5.41) is 3.06. The molecule has 7 nitrogen and oxygen atoms in total. The average Bonchev–Trinajstić information content (AvgIpc) is 3.14. The number of nitrogens with zero attached hydrogens (tertiary/aromatic N) is 4. The quantitative estimate of drug-likeness (QED) is 0.759. The molecule has 0 spiro atoms. The smallest absolute Gasteiger partial charge is 0.414 e. The third-order valence-corrected chi connectivity index (χ3v) is 5.38. The van der Waals surface area contributed by atoms with E-state index >= 15 is 0 Å². The van der Waals surface area contributed by atoms with Crippen molar-refractivity contribution in [3.63, 3.8) is 0 Å². The topological polar surface area (TPSA) is 60.9 Å². The molecule has 1 aromatic heterocycles. The summed E-state index contributed by atoms with van der Waals surface area (Å²) in [6, 6.07) is 14.1. The Labute approximate surface area is 176 Å². The molecule has 0 radical (unpaired) electrons. The minimum Gasteiger partial charge on any atom is -0.442 e. The van der Waals surface area contributed by atoms with Crippen LogP contribution in [-0.2, 0) is 4.74 Å². The van der Waals surface area contributed by atoms with E-state index < -0.39 is 0 Å². The van der Waals surface area contributed by atoms with Crippen molar-refractivity contribution in [2.45, 2.75) is 13.0 Å². The molecule has 152 valence electrons. The summed E-state index contributed by atoms with van der Waals surface area (Å²) < 4.78 is 5.42. The van der Waals surface area contributed by atoms with Crippen molar-refractivity contribution in [2.24, 2.45) is 0 Å². The largest absolute Gasteiger partial charge is 0.442 e. The van der Waals surface area contributed by atoms with Crippen molar-refractivity contribution in [1.82, 2.24) is 10.3 Å². The molecule has 2 aliphatic heterocycles. The van der Waals surface area contributed by atoms with Crippen LogP contribution in [0.25, 0.3) is 0 Å². The molecule has 0 unspecified atom stereocenters. The number of benzene rings is 1. The van der Waals surface area contributed by atoms with E-state index in [1.807, 2.05) is 37.4 Å². The summed E-state index contributed by atoms with van der Waals surface area (Å²) >= 11 is 5.02. The van der Waals surface area contributed by atoms with Crippen molar-refractivity contribution in [3.05, 3.63) is 48.7 Å². The van der Waals surface area contributed by atoms with Crippen molar-refractivity contribution in [3.8, 4) is 0 Å². The van der Waals surface area contributed by atoms with Gasteiger partial charge in [-0.1, -0.05) is 18.3 Å². The molecule has 8 heteroatoms. The van der Waals surface area contributed by atoms with Gasteiger partial charge < -0.3 is 19.9 Å². The molecule has 3 heterocycles. The number of carbonyl (C=O) groups excluding carboxylic acids is 1. The Hall–Kier alpha value is -2.87. The number of rotatable bonds is 5. The molecule has 0 bridgehead atoms. The number of hydrogen-bond donors (Lipinski definition) is 1. The molecule has 2 saturated heterocycles. The van der Waals surface area contributed by atoms with Crippen LogP contribution in [0.3, 0.4) is 0 Å². The number of carbonyl (C=O) groups is 1. The average molecular weight is 412 g/mol. The zero-order valence-electron chi connectivity index (χ0n) is 16.5. The van der Waals surface area contributed by atoms with E-state index in [0.29, 0.717) is 18.1 Å². The number of hydrogen-bond acceptors (Lipinski definition) is 6. The number of piperazine rings is 1. The maximum absolute atomic E-state index is 12.2. The normalized spacial score (nSPS) is 19.3. The number of thiocarbonyl (C=S) groups is 1. The summed E-state index contributed by atoms with van der Waals surface area (Å²) in [7, 11) is 0. The summed E-state index contributed by atoms with van der Waals surface area (Å²) in [4.78, 5) is 23.7. The SMILES string of the molecule is CC(=S)NC[C@H]1CN(c2ccc(N3CCN(c4ccccn4)CC3)cc2)C(=O)O1. The van der Waals surface area contributed by atoms with Crippen molar-refractivity contribution in [2.75, 3.05) is 54.0 Å². The highest BCUT2D eigenvalue weighted by atomic mass is 32.1. The highest BCUT2D eigenvalue weighted by Crippen LogP contribution is 2.26. The van der Waals surface area contributed by atoms with Gasteiger partial charge in [-0.3, -0.25) is 4.90 Å². The minimum absolute atomic E-state index is 0.195. The lowest BCUT2D eigenvalue weighted by atomic mass is 10.2. The van der Waals surface area contributed by atoms with Crippen LogP contribution in [0.4, 0.5) is 22.0 Å². The second kappa shape index (κ2) is 8.65. The van der Waals surface area contributed by atoms with Crippen LogP contribution in [0.1, 0.15) is 6.92 Å². The molecule has 0 aliphatic carbocycles. The molecule has 2 aliphatic rings. The number of cyclic esters (lactones) is 1. The standard InChI is InChI=1S/C21H25N5O2S/c1-16(29)23-14-19-15-26(21(27)28-19)18-7-5-17(6-8-18)24-10-12-25(13-11-24)20-4-2-3-9-22-20/h2-9,19H,10-15H2,1H3,(H,23,29)/t19-/m0/s1.